The van der Waals surface area contributed by atoms with E-state index >= 15 is 0 Å². The molecular weight excluding hydrogens is 264 g/mol. The second-order valence-corrected chi connectivity index (χ2v) is 6.58. The molecule has 2 unspecified atom stereocenters. The molecule has 4 nitrogen and oxygen atoms in total. The van der Waals surface area contributed by atoms with Gasteiger partial charge in [-0.3, -0.25) is 4.90 Å². The molecule has 3 rings (SSSR count). The summed E-state index contributed by atoms with van der Waals surface area (Å²) in [6.07, 6.45) is -0.441. The summed E-state index contributed by atoms with van der Waals surface area (Å²) in [7, 11) is 2.16. The van der Waals surface area contributed by atoms with Gasteiger partial charge in [0.15, 0.2) is 0 Å². The molecule has 1 saturated heterocycles. The Bertz CT molecular complexity index is 496. The van der Waals surface area contributed by atoms with Crippen molar-refractivity contribution in [2.45, 2.75) is 31.9 Å². The smallest absolute Gasteiger partial charge is 0.127 e. The normalized spacial score (nSPS) is 27.5. The summed E-state index contributed by atoms with van der Waals surface area (Å²) in [5.41, 5.74) is 2.41. The Hall–Kier alpha value is -1.10. The van der Waals surface area contributed by atoms with Gasteiger partial charge >= 0.3 is 0 Å². The van der Waals surface area contributed by atoms with Crippen molar-refractivity contribution < 1.29 is 9.84 Å². The van der Waals surface area contributed by atoms with Crippen molar-refractivity contribution in [3.05, 3.63) is 29.3 Å². The third kappa shape index (κ3) is 2.80. The van der Waals surface area contributed by atoms with Gasteiger partial charge in [0.05, 0.1) is 6.04 Å². The first kappa shape index (κ1) is 14.8. The minimum atomic E-state index is -0.441. The predicted molar refractivity (Wildman–Crippen MR) is 83.8 cm³/mol. The largest absolute Gasteiger partial charge is 0.490 e. The maximum Gasteiger partial charge on any atom is 0.127 e. The van der Waals surface area contributed by atoms with Gasteiger partial charge in [-0.2, -0.15) is 0 Å². The van der Waals surface area contributed by atoms with Crippen molar-refractivity contribution in [3.63, 3.8) is 0 Å². The number of likely N-dealkylation sites (N-methyl/N-ethyl adjacent to an activating group) is 1. The predicted octanol–water partition coefficient (Wildman–Crippen LogP) is 1.85. The molecule has 0 aliphatic carbocycles. The highest BCUT2D eigenvalue weighted by atomic mass is 16.5. The van der Waals surface area contributed by atoms with Crippen molar-refractivity contribution in [2.24, 2.45) is 0 Å². The zero-order valence-electron chi connectivity index (χ0n) is 13.2. The summed E-state index contributed by atoms with van der Waals surface area (Å²) in [5.74, 6) is 1.44. The quantitative estimate of drug-likeness (QED) is 0.902. The molecule has 116 valence electrons. The van der Waals surface area contributed by atoms with Gasteiger partial charge in [0.1, 0.15) is 18.5 Å². The van der Waals surface area contributed by atoms with Gasteiger partial charge in [0.2, 0.25) is 0 Å². The highest BCUT2D eigenvalue weighted by molar-refractivity contribution is 5.46. The average Bonchev–Trinajstić information content (AvgIpc) is 2.47. The second-order valence-electron chi connectivity index (χ2n) is 6.58. The highest BCUT2D eigenvalue weighted by Crippen LogP contribution is 2.41. The molecule has 2 atom stereocenters. The first-order valence-corrected chi connectivity index (χ1v) is 7.94. The van der Waals surface area contributed by atoms with Gasteiger partial charge in [0, 0.05) is 31.7 Å². The lowest BCUT2D eigenvalue weighted by Crippen LogP contribution is -2.50. The topological polar surface area (TPSA) is 35.9 Å². The first-order chi connectivity index (χ1) is 10.1. The molecule has 1 fully saturated rings. The number of rotatable bonds is 2. The van der Waals surface area contributed by atoms with Crippen LogP contribution in [0.2, 0.25) is 0 Å². The van der Waals surface area contributed by atoms with Gasteiger partial charge in [-0.1, -0.05) is 32.0 Å². The summed E-state index contributed by atoms with van der Waals surface area (Å²) in [5, 5.41) is 10.5. The van der Waals surface area contributed by atoms with Crippen molar-refractivity contribution in [1.82, 2.24) is 9.80 Å². The van der Waals surface area contributed by atoms with Crippen LogP contribution in [0.3, 0.4) is 0 Å². The van der Waals surface area contributed by atoms with E-state index in [1.807, 2.05) is 0 Å². The monoisotopic (exact) mass is 290 g/mol. The minimum absolute atomic E-state index is 0.0705. The van der Waals surface area contributed by atoms with E-state index in [4.69, 9.17) is 4.74 Å². The van der Waals surface area contributed by atoms with Gasteiger partial charge in [0.25, 0.3) is 0 Å². The fraction of sp³-hybridized carbons (Fsp3) is 0.647. The number of para-hydroxylation sites is 1. The number of nitrogens with zero attached hydrogens (tertiary/aromatic N) is 2. The Morgan fingerprint density at radius 2 is 1.90 bits per heavy atom. The Balaban J connectivity index is 1.94. The molecule has 0 spiro atoms. The molecule has 1 aromatic rings. The lowest BCUT2D eigenvalue weighted by Gasteiger charge is -2.43. The molecule has 0 radical (unpaired) electrons. The van der Waals surface area contributed by atoms with Crippen LogP contribution >= 0.6 is 0 Å². The Kier molecular flexibility index (Phi) is 4.20. The molecule has 0 amide bonds. The van der Waals surface area contributed by atoms with Crippen LogP contribution in [0.5, 0.6) is 5.75 Å². The van der Waals surface area contributed by atoms with Crippen LogP contribution in [0.1, 0.15) is 36.9 Å². The Morgan fingerprint density at radius 3 is 2.57 bits per heavy atom. The zero-order chi connectivity index (χ0) is 15.0. The van der Waals surface area contributed by atoms with Crippen LogP contribution in [-0.2, 0) is 0 Å². The Labute approximate surface area is 127 Å². The van der Waals surface area contributed by atoms with Crippen molar-refractivity contribution >= 4 is 0 Å². The van der Waals surface area contributed by atoms with Crippen LogP contribution in [-0.4, -0.2) is 60.8 Å². The van der Waals surface area contributed by atoms with E-state index in [9.17, 15) is 5.11 Å². The lowest BCUT2D eigenvalue weighted by atomic mass is 9.90. The van der Waals surface area contributed by atoms with E-state index < -0.39 is 6.10 Å². The maximum absolute atomic E-state index is 10.5. The molecule has 2 aliphatic heterocycles. The lowest BCUT2D eigenvalue weighted by molar-refractivity contribution is -0.0156. The van der Waals surface area contributed by atoms with E-state index in [2.05, 4.69) is 48.9 Å². The molecule has 1 aromatic carbocycles. The van der Waals surface area contributed by atoms with Gasteiger partial charge in [-0.25, -0.2) is 0 Å². The van der Waals surface area contributed by atoms with Crippen LogP contribution in [0.25, 0.3) is 0 Å². The van der Waals surface area contributed by atoms with E-state index in [1.54, 1.807) is 0 Å². The van der Waals surface area contributed by atoms with E-state index in [0.717, 1.165) is 37.5 Å². The molecule has 21 heavy (non-hydrogen) atoms. The molecule has 4 heteroatoms. The number of hydrogen-bond acceptors (Lipinski definition) is 4. The van der Waals surface area contributed by atoms with Gasteiger partial charge < -0.3 is 14.7 Å². The molecule has 2 heterocycles. The van der Waals surface area contributed by atoms with Gasteiger partial charge in [-0.15, -0.1) is 0 Å². The van der Waals surface area contributed by atoms with Crippen molar-refractivity contribution in [1.29, 1.82) is 0 Å². The van der Waals surface area contributed by atoms with Crippen LogP contribution in [0, 0.1) is 0 Å². The average molecular weight is 290 g/mol. The Morgan fingerprint density at radius 1 is 1.19 bits per heavy atom. The second kappa shape index (κ2) is 5.95. The molecule has 0 bridgehead atoms. The zero-order valence-corrected chi connectivity index (χ0v) is 13.2. The minimum Gasteiger partial charge on any atom is -0.490 e. The summed E-state index contributed by atoms with van der Waals surface area (Å²) < 4.78 is 5.88. The van der Waals surface area contributed by atoms with E-state index in [0.29, 0.717) is 12.5 Å². The summed E-state index contributed by atoms with van der Waals surface area (Å²) >= 11 is 0. The maximum atomic E-state index is 10.5. The van der Waals surface area contributed by atoms with Crippen LogP contribution in [0.15, 0.2) is 18.2 Å². The molecule has 0 saturated carbocycles. The number of fused-ring (bicyclic) bond motifs is 1. The first-order valence-electron chi connectivity index (χ1n) is 7.94. The number of piperazine rings is 1. The highest BCUT2D eigenvalue weighted by Gasteiger charge is 2.36. The number of benzene rings is 1. The fourth-order valence-electron chi connectivity index (χ4n) is 3.43. The molecule has 2 aliphatic rings. The van der Waals surface area contributed by atoms with Crippen LogP contribution in [0.4, 0.5) is 0 Å². The summed E-state index contributed by atoms with van der Waals surface area (Å²) in [4.78, 5) is 4.75. The number of ether oxygens (including phenoxy) is 1. The van der Waals surface area contributed by atoms with E-state index in [1.165, 1.54) is 5.56 Å². The van der Waals surface area contributed by atoms with Gasteiger partial charge in [-0.05, 0) is 18.5 Å². The number of hydrogen-bond donors (Lipinski definition) is 1. The van der Waals surface area contributed by atoms with Crippen molar-refractivity contribution in [3.8, 4) is 5.75 Å². The summed E-state index contributed by atoms with van der Waals surface area (Å²) in [6.45, 7) is 8.90. The summed E-state index contributed by atoms with van der Waals surface area (Å²) in [6, 6.07) is 6.43. The third-order valence-corrected chi connectivity index (χ3v) is 4.71. The standard InChI is InChI=1S/C17H26N2O2/c1-12(2)13-5-4-6-14-16(15(20)11-21-17(13)14)19-9-7-18(3)8-10-19/h4-6,12,15-16,20H,7-11H2,1-3H3. The SMILES string of the molecule is CC(C)c1cccc2c1OCC(O)C2N1CCN(C)CC1. The van der Waals surface area contributed by atoms with Crippen molar-refractivity contribution in [2.75, 3.05) is 39.8 Å². The van der Waals surface area contributed by atoms with E-state index in [-0.39, 0.29) is 6.04 Å². The molecular formula is C17H26N2O2. The molecule has 1 N–H and O–H groups in total. The molecule has 0 aromatic heterocycles. The number of aliphatic hydroxyl groups excluding tert-OH is 1. The third-order valence-electron chi connectivity index (χ3n) is 4.71. The fourth-order valence-corrected chi connectivity index (χ4v) is 3.43. The number of aliphatic hydroxyl groups is 1. The van der Waals surface area contributed by atoms with Crippen LogP contribution < -0.4 is 4.74 Å².